The van der Waals surface area contributed by atoms with Gasteiger partial charge >= 0.3 is 5.97 Å². The van der Waals surface area contributed by atoms with Crippen molar-refractivity contribution in [2.24, 2.45) is 23.3 Å². The number of nitrogens with two attached hydrogens (primary N) is 2. The lowest BCUT2D eigenvalue weighted by Gasteiger charge is -2.31. The summed E-state index contributed by atoms with van der Waals surface area (Å²) in [5.74, 6) is -12.4. The Balaban J connectivity index is 1.45. The van der Waals surface area contributed by atoms with Crippen LogP contribution in [-0.4, -0.2) is 202 Å². The zero-order chi connectivity index (χ0) is 60.8. The molecule has 1 aromatic rings. The van der Waals surface area contributed by atoms with Crippen molar-refractivity contribution in [3.05, 3.63) is 35.9 Å². The lowest BCUT2D eigenvalue weighted by molar-refractivity contribution is -0.144. The molecule has 454 valence electrons. The third kappa shape index (κ3) is 20.0. The Bertz CT molecular complexity index is 2460. The van der Waals surface area contributed by atoms with E-state index in [0.29, 0.717) is 37.8 Å². The van der Waals surface area contributed by atoms with Crippen molar-refractivity contribution >= 4 is 76.9 Å². The van der Waals surface area contributed by atoms with Gasteiger partial charge in [0, 0.05) is 25.9 Å². The fourth-order valence-corrected chi connectivity index (χ4v) is 9.80. The number of amides is 12. The number of rotatable bonds is 32. The van der Waals surface area contributed by atoms with Crippen LogP contribution in [0.3, 0.4) is 0 Å². The molecule has 29 nitrogen and oxygen atoms in total. The van der Waals surface area contributed by atoms with Gasteiger partial charge in [-0.05, 0) is 75.3 Å². The topological polar surface area (TPSA) is 449 Å². The van der Waals surface area contributed by atoms with Gasteiger partial charge in [0.25, 0.3) is 0 Å². The highest BCUT2D eigenvalue weighted by atomic mass is 16.4. The predicted octanol–water partition coefficient (Wildman–Crippen LogP) is -5.22. The Hall–Kier alpha value is -7.79. The third-order valence-electron chi connectivity index (χ3n) is 14.5. The van der Waals surface area contributed by atoms with Gasteiger partial charge in [0.2, 0.25) is 70.9 Å². The second-order valence-electron chi connectivity index (χ2n) is 21.2. The number of hydrogen-bond donors (Lipinski definition) is 14. The zero-order valence-electron chi connectivity index (χ0n) is 46.7. The van der Waals surface area contributed by atoms with Gasteiger partial charge in [-0.1, -0.05) is 64.4 Å². The van der Waals surface area contributed by atoms with Crippen molar-refractivity contribution in [1.29, 1.82) is 0 Å². The summed E-state index contributed by atoms with van der Waals surface area (Å²) in [4.78, 5) is 174. The van der Waals surface area contributed by atoms with Crippen molar-refractivity contribution < 1.29 is 77.6 Å². The number of nitrogens with zero attached hydrogens (tertiary/aromatic N) is 2. The number of aliphatic hydroxyl groups is 2. The maximum atomic E-state index is 14.5. The fourth-order valence-electron chi connectivity index (χ4n) is 9.80. The Morgan fingerprint density at radius 3 is 1.70 bits per heavy atom. The largest absolute Gasteiger partial charge is 0.480 e. The minimum absolute atomic E-state index is 0.0143. The third-order valence-corrected chi connectivity index (χ3v) is 14.5. The van der Waals surface area contributed by atoms with Gasteiger partial charge in [-0.15, -0.1) is 0 Å². The molecule has 0 aromatic heterocycles. The monoisotopic (exact) mass is 1160 g/mol. The normalized spacial score (nSPS) is 19.6. The van der Waals surface area contributed by atoms with Crippen molar-refractivity contribution in [1.82, 2.24) is 57.7 Å². The lowest BCUT2D eigenvalue weighted by Crippen LogP contribution is -2.62. The summed E-state index contributed by atoms with van der Waals surface area (Å²) in [5, 5.41) is 53.2. The number of likely N-dealkylation sites (tertiary alicyclic amines) is 2. The molecule has 11 atom stereocenters. The van der Waals surface area contributed by atoms with Gasteiger partial charge in [0.05, 0.1) is 32.2 Å². The second kappa shape index (κ2) is 32.6. The molecular formula is C53H81N13O16. The van der Waals surface area contributed by atoms with Crippen LogP contribution in [0.1, 0.15) is 104 Å². The van der Waals surface area contributed by atoms with Crippen LogP contribution < -0.4 is 59.3 Å². The highest BCUT2D eigenvalue weighted by molar-refractivity contribution is 5.99. The number of benzene rings is 1. The molecule has 29 heteroatoms. The van der Waals surface area contributed by atoms with Crippen molar-refractivity contribution in [2.75, 3.05) is 39.4 Å². The van der Waals surface area contributed by atoms with E-state index in [2.05, 4.69) is 47.9 Å². The highest BCUT2D eigenvalue weighted by Gasteiger charge is 2.42. The predicted molar refractivity (Wildman–Crippen MR) is 290 cm³/mol. The molecule has 3 aliphatic rings. The summed E-state index contributed by atoms with van der Waals surface area (Å²) >= 11 is 0. The van der Waals surface area contributed by atoms with Crippen LogP contribution in [0.15, 0.2) is 30.3 Å². The van der Waals surface area contributed by atoms with E-state index >= 15 is 0 Å². The minimum Gasteiger partial charge on any atom is -0.480 e. The van der Waals surface area contributed by atoms with Crippen LogP contribution in [0, 0.1) is 11.8 Å². The number of hydrogen-bond acceptors (Lipinski definition) is 16. The summed E-state index contributed by atoms with van der Waals surface area (Å²) in [7, 11) is 0. The van der Waals surface area contributed by atoms with Gasteiger partial charge in [0.15, 0.2) is 0 Å². The van der Waals surface area contributed by atoms with Gasteiger partial charge in [-0.2, -0.15) is 0 Å². The number of nitrogens with one attached hydrogen (secondary N) is 9. The van der Waals surface area contributed by atoms with Crippen LogP contribution in [0.5, 0.6) is 0 Å². The van der Waals surface area contributed by atoms with Gasteiger partial charge in [0.1, 0.15) is 54.4 Å². The molecule has 1 aromatic carbocycles. The Labute approximate surface area is 474 Å². The quantitative estimate of drug-likeness (QED) is 0.0321. The first-order valence-electron chi connectivity index (χ1n) is 27.7. The molecule has 0 aliphatic carbocycles. The van der Waals surface area contributed by atoms with Crippen LogP contribution in [-0.2, 0) is 68.7 Å². The van der Waals surface area contributed by atoms with E-state index in [1.807, 2.05) is 0 Å². The maximum Gasteiger partial charge on any atom is 0.326 e. The summed E-state index contributed by atoms with van der Waals surface area (Å²) in [6, 6.07) is -5.22. The van der Waals surface area contributed by atoms with E-state index in [4.69, 9.17) is 11.5 Å². The van der Waals surface area contributed by atoms with E-state index in [1.165, 1.54) is 4.90 Å². The molecule has 3 aliphatic heterocycles. The van der Waals surface area contributed by atoms with E-state index in [0.717, 1.165) is 11.3 Å². The highest BCUT2D eigenvalue weighted by Crippen LogP contribution is 2.22. The Morgan fingerprint density at radius 1 is 0.622 bits per heavy atom. The van der Waals surface area contributed by atoms with Gasteiger partial charge < -0.3 is 84.4 Å². The Morgan fingerprint density at radius 2 is 1.16 bits per heavy atom. The molecule has 82 heavy (non-hydrogen) atoms. The summed E-state index contributed by atoms with van der Waals surface area (Å²) in [6.45, 7) is 5.54. The molecule has 12 amide bonds. The second-order valence-corrected chi connectivity index (χ2v) is 21.2. The molecule has 0 saturated carbocycles. The first kappa shape index (κ1) is 66.7. The molecule has 0 radical (unpaired) electrons. The number of carbonyl (C=O) groups is 13. The molecular weight excluding hydrogens is 1070 g/mol. The number of aliphatic hydroxyl groups excluding tert-OH is 2. The molecule has 16 N–H and O–H groups in total. The molecule has 3 saturated heterocycles. The van der Waals surface area contributed by atoms with Crippen LogP contribution >= 0.6 is 0 Å². The molecule has 3 heterocycles. The van der Waals surface area contributed by atoms with Gasteiger partial charge in [-0.25, -0.2) is 4.79 Å². The van der Waals surface area contributed by atoms with E-state index < -0.39 is 170 Å². The number of aliphatic carboxylic acids is 1. The SMILES string of the molecule is CC[C@H](C)[C@H](NC(=O)[C@@H]1CCCN1C(=O)CNC(=O)[C@@H]1CCCN1)C(=O)N[C@@H](CC(C)C)C(=O)N[C@@H](CO)C(=O)N[C@@H](CO)C(=O)N[C@@H](Cc1ccccc1)C(=O)N1CCC[C@H]1C(=O)N[C@@H](CCC(N)=O)C(=O)N[C@@H](CC(N)=O)C(=O)O. The van der Waals surface area contributed by atoms with Crippen molar-refractivity contribution in [2.45, 2.75) is 165 Å². The Kier molecular flexibility index (Phi) is 26.5. The lowest BCUT2D eigenvalue weighted by atomic mass is 9.96. The average molecular weight is 1160 g/mol. The van der Waals surface area contributed by atoms with Crippen LogP contribution in [0.2, 0.25) is 0 Å². The smallest absolute Gasteiger partial charge is 0.326 e. The molecule has 0 spiro atoms. The molecule has 4 rings (SSSR count). The van der Waals surface area contributed by atoms with Crippen LogP contribution in [0.25, 0.3) is 0 Å². The number of primary amides is 2. The molecule has 0 unspecified atom stereocenters. The number of carbonyl (C=O) groups excluding carboxylic acids is 12. The average Bonchev–Trinajstić information content (AvgIpc) is 4.41. The molecule has 3 fully saturated rings. The zero-order valence-corrected chi connectivity index (χ0v) is 46.7. The number of carboxylic acid groups (broad SMARTS) is 1. The molecule has 0 bridgehead atoms. The maximum absolute atomic E-state index is 14.5. The fraction of sp³-hybridized carbons (Fsp3) is 0.642. The standard InChI is InChI=1S/C53H81N13O16/c1-5-29(4)43(64-50(78)38-15-10-20-65(38)42(71)25-57-44(72)31-14-9-19-56-31)51(79)59-33(22-28(2)3)46(74)62-37(27-68)48(76)63-36(26-67)47(75)60-34(23-30-12-7-6-8-13-30)52(80)66-21-11-16-39(66)49(77)58-32(17-18-40(54)69)45(73)61-35(53(81)82)24-41(55)70/h6-8,12-13,28-29,31-39,43,56,67-68H,5,9-11,14-27H2,1-4H3,(H2,54,69)(H2,55,70)(H,57,72)(H,58,77)(H,59,79)(H,60,75)(H,61,73)(H,62,74)(H,63,76)(H,64,78)(H,81,82)/t29-,31-,32-,33-,34-,35-,36-,37-,38-,39-,43-/m0/s1. The van der Waals surface area contributed by atoms with Crippen molar-refractivity contribution in [3.8, 4) is 0 Å². The summed E-state index contributed by atoms with van der Waals surface area (Å²) in [5.41, 5.74) is 11.0. The van der Waals surface area contributed by atoms with E-state index in [-0.39, 0.29) is 57.1 Å². The van der Waals surface area contributed by atoms with E-state index in [1.54, 1.807) is 58.0 Å². The van der Waals surface area contributed by atoms with Crippen molar-refractivity contribution in [3.63, 3.8) is 0 Å². The summed E-state index contributed by atoms with van der Waals surface area (Å²) < 4.78 is 0. The minimum atomic E-state index is -1.80. The first-order chi connectivity index (χ1) is 38.9. The van der Waals surface area contributed by atoms with E-state index in [9.17, 15) is 77.6 Å². The summed E-state index contributed by atoms with van der Waals surface area (Å²) in [6.07, 6.45) is 1.19. The first-order valence-corrected chi connectivity index (χ1v) is 27.7. The number of carboxylic acids is 1. The van der Waals surface area contributed by atoms with Gasteiger partial charge in [-0.3, -0.25) is 57.5 Å². The van der Waals surface area contributed by atoms with Crippen LogP contribution in [0.4, 0.5) is 0 Å².